The van der Waals surface area contributed by atoms with Gasteiger partial charge in [0, 0.05) is 31.7 Å². The minimum absolute atomic E-state index is 0.00828. The summed E-state index contributed by atoms with van der Waals surface area (Å²) in [5.74, 6) is 0. The maximum Gasteiger partial charge on any atom is 0.315 e. The first-order chi connectivity index (χ1) is 10.2. The van der Waals surface area contributed by atoms with Gasteiger partial charge in [-0.25, -0.2) is 4.79 Å². The zero-order chi connectivity index (χ0) is 15.1. The summed E-state index contributed by atoms with van der Waals surface area (Å²) in [5.41, 5.74) is 0. The number of β-amino-alcohol motifs (C(OH)–C–C–N with tert-alkyl or cyclic N) is 1. The van der Waals surface area contributed by atoms with Crippen molar-refractivity contribution in [2.75, 3.05) is 19.6 Å². The molecule has 0 aromatic carbocycles. The first-order valence-corrected chi connectivity index (χ1v) is 8.64. The van der Waals surface area contributed by atoms with Gasteiger partial charge in [-0.2, -0.15) is 0 Å². The van der Waals surface area contributed by atoms with E-state index >= 15 is 0 Å². The predicted octanol–water partition coefficient (Wildman–Crippen LogP) is 1.85. The third-order valence-electron chi connectivity index (χ3n) is 4.80. The lowest BCUT2D eigenvalue weighted by Crippen LogP contribution is -2.51. The number of rotatable bonds is 5. The van der Waals surface area contributed by atoms with Gasteiger partial charge in [0.2, 0.25) is 0 Å². The molecule has 3 N–H and O–H groups in total. The van der Waals surface area contributed by atoms with Crippen LogP contribution in [0.2, 0.25) is 0 Å². The summed E-state index contributed by atoms with van der Waals surface area (Å²) in [5, 5.41) is 15.9. The van der Waals surface area contributed by atoms with Crippen molar-refractivity contribution < 1.29 is 9.90 Å². The van der Waals surface area contributed by atoms with E-state index in [0.29, 0.717) is 6.04 Å². The summed E-state index contributed by atoms with van der Waals surface area (Å²) in [7, 11) is 0. The molecule has 0 radical (unpaired) electrons. The number of piperidine rings is 1. The molecule has 1 aliphatic carbocycles. The summed E-state index contributed by atoms with van der Waals surface area (Å²) in [6.07, 6.45) is 8.59. The third kappa shape index (κ3) is 5.83. The number of carbonyl (C=O) groups excluding carboxylic acids is 1. The van der Waals surface area contributed by atoms with E-state index in [4.69, 9.17) is 0 Å². The van der Waals surface area contributed by atoms with Gasteiger partial charge >= 0.3 is 6.03 Å². The summed E-state index contributed by atoms with van der Waals surface area (Å²) < 4.78 is 0. The van der Waals surface area contributed by atoms with Gasteiger partial charge in [0.25, 0.3) is 0 Å². The summed E-state index contributed by atoms with van der Waals surface area (Å²) in [4.78, 5) is 14.3. The van der Waals surface area contributed by atoms with Crippen molar-refractivity contribution in [3.8, 4) is 0 Å². The van der Waals surface area contributed by atoms with Crippen LogP contribution in [0.5, 0.6) is 0 Å². The molecule has 2 aliphatic rings. The highest BCUT2D eigenvalue weighted by atomic mass is 16.3. The van der Waals surface area contributed by atoms with Crippen molar-refractivity contribution in [1.29, 1.82) is 0 Å². The van der Waals surface area contributed by atoms with Crippen molar-refractivity contribution in [3.63, 3.8) is 0 Å². The molecule has 1 aliphatic heterocycles. The van der Waals surface area contributed by atoms with Crippen LogP contribution >= 0.6 is 0 Å². The lowest BCUT2D eigenvalue weighted by Gasteiger charge is -2.33. The molecule has 5 heteroatoms. The fourth-order valence-corrected chi connectivity index (χ4v) is 3.35. The zero-order valence-corrected chi connectivity index (χ0v) is 13.3. The quantitative estimate of drug-likeness (QED) is 0.725. The standard InChI is InChI=1S/C16H31N3O2/c1-2-15(20)12-19-10-8-14(9-11-19)18-16(21)17-13-6-4-3-5-7-13/h13-15,20H,2-12H2,1H3,(H2,17,18,21). The minimum atomic E-state index is -0.218. The smallest absolute Gasteiger partial charge is 0.315 e. The largest absolute Gasteiger partial charge is 0.392 e. The van der Waals surface area contributed by atoms with Gasteiger partial charge in [-0.05, 0) is 32.1 Å². The normalized spacial score (nSPS) is 23.7. The van der Waals surface area contributed by atoms with Gasteiger partial charge < -0.3 is 20.6 Å². The topological polar surface area (TPSA) is 64.6 Å². The SMILES string of the molecule is CCC(O)CN1CCC(NC(=O)NC2CCCCC2)CC1. The first-order valence-electron chi connectivity index (χ1n) is 8.64. The number of aliphatic hydroxyl groups is 1. The molecular weight excluding hydrogens is 266 g/mol. The maximum atomic E-state index is 12.0. The van der Waals surface area contributed by atoms with Gasteiger partial charge in [0.15, 0.2) is 0 Å². The summed E-state index contributed by atoms with van der Waals surface area (Å²) in [6, 6.07) is 0.663. The van der Waals surface area contributed by atoms with Crippen LogP contribution in [0.25, 0.3) is 0 Å². The second kappa shape index (κ2) is 8.59. The Bertz CT molecular complexity index is 311. The maximum absolute atomic E-state index is 12.0. The number of nitrogens with zero attached hydrogens (tertiary/aromatic N) is 1. The second-order valence-electron chi connectivity index (χ2n) is 6.59. The van der Waals surface area contributed by atoms with E-state index in [0.717, 1.165) is 51.7 Å². The van der Waals surface area contributed by atoms with E-state index in [9.17, 15) is 9.90 Å². The van der Waals surface area contributed by atoms with Gasteiger partial charge in [0.05, 0.1) is 6.10 Å². The highest BCUT2D eigenvalue weighted by molar-refractivity contribution is 5.74. The van der Waals surface area contributed by atoms with E-state index in [1.807, 2.05) is 6.92 Å². The molecule has 2 amide bonds. The minimum Gasteiger partial charge on any atom is -0.392 e. The number of nitrogens with one attached hydrogen (secondary N) is 2. The molecule has 2 fully saturated rings. The highest BCUT2D eigenvalue weighted by Gasteiger charge is 2.23. The molecule has 0 aromatic rings. The molecule has 1 saturated heterocycles. The van der Waals surface area contributed by atoms with Crippen LogP contribution in [0, 0.1) is 0 Å². The molecule has 21 heavy (non-hydrogen) atoms. The Hall–Kier alpha value is -0.810. The van der Waals surface area contributed by atoms with Crippen LogP contribution in [0.4, 0.5) is 4.79 Å². The van der Waals surface area contributed by atoms with E-state index in [1.54, 1.807) is 0 Å². The number of aliphatic hydroxyl groups excluding tert-OH is 1. The van der Waals surface area contributed by atoms with Crippen molar-refractivity contribution in [2.24, 2.45) is 0 Å². The lowest BCUT2D eigenvalue weighted by molar-refractivity contribution is 0.0921. The van der Waals surface area contributed by atoms with Crippen LogP contribution in [-0.4, -0.2) is 53.9 Å². The van der Waals surface area contributed by atoms with Crippen LogP contribution in [-0.2, 0) is 0 Å². The van der Waals surface area contributed by atoms with Gasteiger partial charge in [0.1, 0.15) is 0 Å². The Morgan fingerprint density at radius 1 is 1.10 bits per heavy atom. The van der Waals surface area contributed by atoms with E-state index in [-0.39, 0.29) is 18.2 Å². The van der Waals surface area contributed by atoms with Gasteiger partial charge in [-0.15, -0.1) is 0 Å². The van der Waals surface area contributed by atoms with Crippen LogP contribution in [0.3, 0.4) is 0 Å². The van der Waals surface area contributed by atoms with Crippen LogP contribution < -0.4 is 10.6 Å². The average molecular weight is 297 g/mol. The molecule has 2 rings (SSSR count). The van der Waals surface area contributed by atoms with Crippen molar-refractivity contribution in [2.45, 2.75) is 76.5 Å². The molecule has 1 saturated carbocycles. The average Bonchev–Trinajstić information content (AvgIpc) is 2.50. The van der Waals surface area contributed by atoms with Crippen molar-refractivity contribution in [1.82, 2.24) is 15.5 Å². The molecule has 1 unspecified atom stereocenters. The number of amides is 2. The van der Waals surface area contributed by atoms with E-state index < -0.39 is 0 Å². The highest BCUT2D eigenvalue weighted by Crippen LogP contribution is 2.17. The molecule has 122 valence electrons. The molecule has 1 heterocycles. The number of urea groups is 1. The van der Waals surface area contributed by atoms with Gasteiger partial charge in [-0.3, -0.25) is 0 Å². The Balaban J connectivity index is 1.62. The lowest BCUT2D eigenvalue weighted by atomic mass is 9.96. The zero-order valence-electron chi connectivity index (χ0n) is 13.3. The van der Waals surface area contributed by atoms with E-state index in [1.165, 1.54) is 19.3 Å². The molecule has 0 aromatic heterocycles. The Labute approximate surface area is 128 Å². The van der Waals surface area contributed by atoms with Gasteiger partial charge in [-0.1, -0.05) is 26.2 Å². The fraction of sp³-hybridized carbons (Fsp3) is 0.938. The number of carbonyl (C=O) groups is 1. The second-order valence-corrected chi connectivity index (χ2v) is 6.59. The van der Waals surface area contributed by atoms with Crippen LogP contribution in [0.15, 0.2) is 0 Å². The third-order valence-corrected chi connectivity index (χ3v) is 4.80. The molecular formula is C16H31N3O2. The van der Waals surface area contributed by atoms with Crippen LogP contribution in [0.1, 0.15) is 58.3 Å². The molecule has 0 spiro atoms. The molecule has 5 nitrogen and oxygen atoms in total. The van der Waals surface area contributed by atoms with Crippen molar-refractivity contribution >= 4 is 6.03 Å². The Morgan fingerprint density at radius 3 is 2.24 bits per heavy atom. The fourth-order valence-electron chi connectivity index (χ4n) is 3.35. The Kier molecular flexibility index (Phi) is 6.77. The predicted molar refractivity (Wildman–Crippen MR) is 84.3 cm³/mol. The summed E-state index contributed by atoms with van der Waals surface area (Å²) in [6.45, 7) is 4.70. The molecule has 1 atom stereocenters. The first kappa shape index (κ1) is 16.6. The summed E-state index contributed by atoms with van der Waals surface area (Å²) >= 11 is 0. The van der Waals surface area contributed by atoms with E-state index in [2.05, 4.69) is 15.5 Å². The Morgan fingerprint density at radius 2 is 1.67 bits per heavy atom. The monoisotopic (exact) mass is 297 g/mol. The number of hydrogen-bond donors (Lipinski definition) is 3. The number of hydrogen-bond acceptors (Lipinski definition) is 3. The van der Waals surface area contributed by atoms with Crippen molar-refractivity contribution in [3.05, 3.63) is 0 Å². The molecule has 0 bridgehead atoms. The number of likely N-dealkylation sites (tertiary alicyclic amines) is 1.